The SMILES string of the molecule is CCNC(=O)CN(CC)C(=O)c1ccc(OC)cc1O. The number of rotatable bonds is 6. The van der Waals surface area contributed by atoms with Crippen LogP contribution in [0, 0.1) is 0 Å². The number of nitrogens with zero attached hydrogens (tertiary/aromatic N) is 1. The number of ether oxygens (including phenoxy) is 1. The van der Waals surface area contributed by atoms with E-state index in [-0.39, 0.29) is 29.7 Å². The van der Waals surface area contributed by atoms with Gasteiger partial charge in [-0.15, -0.1) is 0 Å². The van der Waals surface area contributed by atoms with Gasteiger partial charge < -0.3 is 20.1 Å². The predicted molar refractivity (Wildman–Crippen MR) is 74.9 cm³/mol. The molecule has 0 aliphatic carbocycles. The van der Waals surface area contributed by atoms with Crippen LogP contribution in [0.4, 0.5) is 0 Å². The molecule has 1 aromatic rings. The summed E-state index contributed by atoms with van der Waals surface area (Å²) in [5.41, 5.74) is 0.150. The lowest BCUT2D eigenvalue weighted by Gasteiger charge is -2.20. The molecule has 1 rings (SSSR count). The van der Waals surface area contributed by atoms with E-state index >= 15 is 0 Å². The molecule has 0 aliphatic heterocycles. The van der Waals surface area contributed by atoms with Crippen molar-refractivity contribution < 1.29 is 19.4 Å². The number of likely N-dealkylation sites (N-methyl/N-ethyl adjacent to an activating group) is 2. The van der Waals surface area contributed by atoms with Crippen LogP contribution in [0.5, 0.6) is 11.5 Å². The first kappa shape index (κ1) is 15.8. The van der Waals surface area contributed by atoms with Crippen LogP contribution in [0.1, 0.15) is 24.2 Å². The van der Waals surface area contributed by atoms with Crippen molar-refractivity contribution in [3.8, 4) is 11.5 Å². The Kier molecular flexibility index (Phi) is 5.83. The Bertz CT molecular complexity index is 488. The molecule has 0 fully saturated rings. The first-order valence-electron chi connectivity index (χ1n) is 6.46. The quantitative estimate of drug-likeness (QED) is 0.814. The molecule has 0 spiro atoms. The molecule has 0 bridgehead atoms. The zero-order chi connectivity index (χ0) is 15.1. The second-order valence-electron chi connectivity index (χ2n) is 4.16. The monoisotopic (exact) mass is 280 g/mol. The third-order valence-electron chi connectivity index (χ3n) is 2.81. The van der Waals surface area contributed by atoms with E-state index in [4.69, 9.17) is 4.74 Å². The highest BCUT2D eigenvalue weighted by Gasteiger charge is 2.20. The zero-order valence-electron chi connectivity index (χ0n) is 12.0. The first-order chi connectivity index (χ1) is 9.53. The van der Waals surface area contributed by atoms with Gasteiger partial charge in [-0.25, -0.2) is 0 Å². The van der Waals surface area contributed by atoms with E-state index in [0.29, 0.717) is 18.8 Å². The highest BCUT2D eigenvalue weighted by Crippen LogP contribution is 2.24. The Labute approximate surface area is 118 Å². The molecule has 2 amide bonds. The van der Waals surface area contributed by atoms with E-state index in [1.54, 1.807) is 13.0 Å². The lowest BCUT2D eigenvalue weighted by atomic mass is 10.1. The summed E-state index contributed by atoms with van der Waals surface area (Å²) in [4.78, 5) is 25.2. The van der Waals surface area contributed by atoms with Crippen LogP contribution in [0.3, 0.4) is 0 Å². The van der Waals surface area contributed by atoms with Gasteiger partial charge in [0.15, 0.2) is 0 Å². The second kappa shape index (κ2) is 7.37. The van der Waals surface area contributed by atoms with Crippen LogP contribution >= 0.6 is 0 Å². The Hall–Kier alpha value is -2.24. The standard InChI is InChI=1S/C14H20N2O4/c1-4-15-13(18)9-16(5-2)14(19)11-7-6-10(20-3)8-12(11)17/h6-8,17H,4-5,9H2,1-3H3,(H,15,18). The molecule has 0 aromatic heterocycles. The van der Waals surface area contributed by atoms with E-state index < -0.39 is 0 Å². The number of phenolic OH excluding ortho intramolecular Hbond substituents is 1. The number of hydrogen-bond donors (Lipinski definition) is 2. The number of phenols is 1. The normalized spacial score (nSPS) is 9.95. The topological polar surface area (TPSA) is 78.9 Å². The molecule has 0 unspecified atom stereocenters. The number of carbonyl (C=O) groups is 2. The molecule has 0 heterocycles. The van der Waals surface area contributed by atoms with Crippen molar-refractivity contribution in [2.45, 2.75) is 13.8 Å². The number of hydrogen-bond acceptors (Lipinski definition) is 4. The van der Waals surface area contributed by atoms with Crippen LogP contribution in [0.15, 0.2) is 18.2 Å². The predicted octanol–water partition coefficient (Wildman–Crippen LogP) is 0.999. The average Bonchev–Trinajstić information content (AvgIpc) is 2.44. The highest BCUT2D eigenvalue weighted by atomic mass is 16.5. The van der Waals surface area contributed by atoms with Gasteiger partial charge in [-0.05, 0) is 26.0 Å². The molecule has 0 saturated carbocycles. The summed E-state index contributed by atoms with van der Waals surface area (Å²) >= 11 is 0. The van der Waals surface area contributed by atoms with E-state index in [9.17, 15) is 14.7 Å². The number of amides is 2. The molecule has 0 atom stereocenters. The minimum atomic E-state index is -0.390. The van der Waals surface area contributed by atoms with Gasteiger partial charge in [0.2, 0.25) is 5.91 Å². The first-order valence-corrected chi connectivity index (χ1v) is 6.46. The summed E-state index contributed by atoms with van der Waals surface area (Å²) in [6.45, 7) is 4.44. The van der Waals surface area contributed by atoms with Crippen molar-refractivity contribution in [1.29, 1.82) is 0 Å². The maximum absolute atomic E-state index is 12.3. The van der Waals surface area contributed by atoms with Crippen LogP contribution in [-0.4, -0.2) is 48.6 Å². The summed E-state index contributed by atoms with van der Waals surface area (Å²) < 4.78 is 4.96. The van der Waals surface area contributed by atoms with Crippen molar-refractivity contribution >= 4 is 11.8 Å². The van der Waals surface area contributed by atoms with Crippen LogP contribution < -0.4 is 10.1 Å². The summed E-state index contributed by atoms with van der Waals surface area (Å²) in [5, 5.41) is 12.5. The van der Waals surface area contributed by atoms with Crippen LogP contribution in [-0.2, 0) is 4.79 Å². The van der Waals surface area contributed by atoms with Gasteiger partial charge in [0.1, 0.15) is 11.5 Å². The fraction of sp³-hybridized carbons (Fsp3) is 0.429. The Morgan fingerprint density at radius 2 is 2.05 bits per heavy atom. The van der Waals surface area contributed by atoms with Crippen LogP contribution in [0.25, 0.3) is 0 Å². The lowest BCUT2D eigenvalue weighted by Crippen LogP contribution is -2.40. The third-order valence-corrected chi connectivity index (χ3v) is 2.81. The minimum Gasteiger partial charge on any atom is -0.507 e. The summed E-state index contributed by atoms with van der Waals surface area (Å²) in [5.74, 6) is -0.316. The fourth-order valence-electron chi connectivity index (χ4n) is 1.74. The molecule has 20 heavy (non-hydrogen) atoms. The molecule has 6 nitrogen and oxygen atoms in total. The minimum absolute atomic E-state index is 0.0331. The summed E-state index contributed by atoms with van der Waals surface area (Å²) in [7, 11) is 1.48. The highest BCUT2D eigenvalue weighted by molar-refractivity contribution is 5.98. The van der Waals surface area contributed by atoms with Gasteiger partial charge in [-0.1, -0.05) is 0 Å². The molecular weight excluding hydrogens is 260 g/mol. The van der Waals surface area contributed by atoms with Gasteiger partial charge in [0.05, 0.1) is 19.2 Å². The second-order valence-corrected chi connectivity index (χ2v) is 4.16. The number of carbonyl (C=O) groups excluding carboxylic acids is 2. The third kappa shape index (κ3) is 3.88. The number of benzene rings is 1. The maximum Gasteiger partial charge on any atom is 0.258 e. The Morgan fingerprint density at radius 1 is 1.35 bits per heavy atom. The fourth-order valence-corrected chi connectivity index (χ4v) is 1.74. The molecule has 2 N–H and O–H groups in total. The number of nitrogens with one attached hydrogen (secondary N) is 1. The van der Waals surface area contributed by atoms with E-state index in [2.05, 4.69) is 5.32 Å². The van der Waals surface area contributed by atoms with Gasteiger partial charge in [0.25, 0.3) is 5.91 Å². The van der Waals surface area contributed by atoms with Crippen molar-refractivity contribution in [3.63, 3.8) is 0 Å². The van der Waals surface area contributed by atoms with Crippen molar-refractivity contribution in [2.24, 2.45) is 0 Å². The Balaban J connectivity index is 2.88. The summed E-state index contributed by atoms with van der Waals surface area (Å²) in [6, 6.07) is 4.44. The lowest BCUT2D eigenvalue weighted by molar-refractivity contribution is -0.121. The number of aromatic hydroxyl groups is 1. The maximum atomic E-state index is 12.3. The molecule has 1 aromatic carbocycles. The van der Waals surface area contributed by atoms with Gasteiger partial charge in [-0.3, -0.25) is 9.59 Å². The zero-order valence-corrected chi connectivity index (χ0v) is 12.0. The largest absolute Gasteiger partial charge is 0.507 e. The van der Waals surface area contributed by atoms with E-state index in [1.165, 1.54) is 24.1 Å². The number of methoxy groups -OCH3 is 1. The molecule has 0 aliphatic rings. The molecular formula is C14H20N2O4. The van der Waals surface area contributed by atoms with E-state index in [0.717, 1.165) is 0 Å². The van der Waals surface area contributed by atoms with E-state index in [1.807, 2.05) is 6.92 Å². The van der Waals surface area contributed by atoms with Gasteiger partial charge in [-0.2, -0.15) is 0 Å². The van der Waals surface area contributed by atoms with Gasteiger partial charge in [0, 0.05) is 19.2 Å². The van der Waals surface area contributed by atoms with Crippen LogP contribution in [0.2, 0.25) is 0 Å². The van der Waals surface area contributed by atoms with Crippen molar-refractivity contribution in [3.05, 3.63) is 23.8 Å². The molecule has 0 saturated heterocycles. The Morgan fingerprint density at radius 3 is 2.55 bits per heavy atom. The summed E-state index contributed by atoms with van der Waals surface area (Å²) in [6.07, 6.45) is 0. The average molecular weight is 280 g/mol. The van der Waals surface area contributed by atoms with Crippen molar-refractivity contribution in [1.82, 2.24) is 10.2 Å². The van der Waals surface area contributed by atoms with Crippen molar-refractivity contribution in [2.75, 3.05) is 26.7 Å². The molecule has 6 heteroatoms. The molecule has 110 valence electrons. The molecule has 0 radical (unpaired) electrons. The van der Waals surface area contributed by atoms with Gasteiger partial charge >= 0.3 is 0 Å². The smallest absolute Gasteiger partial charge is 0.258 e.